The second-order valence-electron chi connectivity index (χ2n) is 5.29. The van der Waals surface area contributed by atoms with Crippen LogP contribution in [0.5, 0.6) is 5.75 Å². The van der Waals surface area contributed by atoms with Crippen LogP contribution in [0.15, 0.2) is 24.3 Å². The zero-order chi connectivity index (χ0) is 16.8. The standard InChI is InChI=1S/C16H20N2O4/c1-11(2)16(3,10-17)18-14(19)9-22-15(20)12-7-5-6-8-13(12)21-4/h5-8,11H,9H2,1-4H3,(H,18,19)/t16-/m1/s1. The number of carbonyl (C=O) groups is 2. The molecule has 0 spiro atoms. The Hall–Kier alpha value is -2.55. The summed E-state index contributed by atoms with van der Waals surface area (Å²) >= 11 is 0. The van der Waals surface area contributed by atoms with Crippen LogP contribution in [0.25, 0.3) is 0 Å². The lowest BCUT2D eigenvalue weighted by Crippen LogP contribution is -2.50. The number of hydrogen-bond acceptors (Lipinski definition) is 5. The molecule has 0 heterocycles. The molecule has 22 heavy (non-hydrogen) atoms. The van der Waals surface area contributed by atoms with E-state index < -0.39 is 24.0 Å². The van der Waals surface area contributed by atoms with Crippen molar-refractivity contribution in [3.8, 4) is 11.8 Å². The highest BCUT2D eigenvalue weighted by Gasteiger charge is 2.30. The van der Waals surface area contributed by atoms with E-state index in [0.717, 1.165) is 0 Å². The smallest absolute Gasteiger partial charge is 0.342 e. The Morgan fingerprint density at radius 2 is 2.00 bits per heavy atom. The number of rotatable bonds is 6. The molecule has 1 aromatic carbocycles. The van der Waals surface area contributed by atoms with Gasteiger partial charge in [0.05, 0.1) is 13.2 Å². The Bertz CT molecular complexity index is 592. The molecule has 0 saturated heterocycles. The highest BCUT2D eigenvalue weighted by molar-refractivity contribution is 5.94. The molecule has 0 saturated carbocycles. The second kappa shape index (κ2) is 7.46. The number of hydrogen-bond donors (Lipinski definition) is 1. The van der Waals surface area contributed by atoms with Crippen LogP contribution in [-0.2, 0) is 9.53 Å². The number of para-hydroxylation sites is 1. The van der Waals surface area contributed by atoms with E-state index in [9.17, 15) is 9.59 Å². The summed E-state index contributed by atoms with van der Waals surface area (Å²) in [5.74, 6) is -0.889. The quantitative estimate of drug-likeness (QED) is 0.811. The van der Waals surface area contributed by atoms with Crippen LogP contribution < -0.4 is 10.1 Å². The van der Waals surface area contributed by atoms with Crippen LogP contribution in [0.2, 0.25) is 0 Å². The van der Waals surface area contributed by atoms with Gasteiger partial charge in [-0.2, -0.15) is 5.26 Å². The number of methoxy groups -OCH3 is 1. The average Bonchev–Trinajstić information content (AvgIpc) is 2.52. The van der Waals surface area contributed by atoms with Gasteiger partial charge in [0.2, 0.25) is 0 Å². The summed E-state index contributed by atoms with van der Waals surface area (Å²) < 4.78 is 10.0. The fraction of sp³-hybridized carbons (Fsp3) is 0.438. The molecule has 0 aliphatic rings. The molecular weight excluding hydrogens is 284 g/mol. The summed E-state index contributed by atoms with van der Waals surface area (Å²) in [7, 11) is 1.44. The van der Waals surface area contributed by atoms with Crippen molar-refractivity contribution in [1.29, 1.82) is 5.26 Å². The Kier molecular flexibility index (Phi) is 5.93. The summed E-state index contributed by atoms with van der Waals surface area (Å²) in [5, 5.41) is 11.7. The molecule has 1 atom stereocenters. The molecule has 118 valence electrons. The lowest BCUT2D eigenvalue weighted by Gasteiger charge is -2.27. The maximum absolute atomic E-state index is 12.0. The minimum atomic E-state index is -1.01. The summed E-state index contributed by atoms with van der Waals surface area (Å²) in [5.41, 5.74) is -0.766. The fourth-order valence-electron chi connectivity index (χ4n) is 1.65. The molecule has 0 radical (unpaired) electrons. The van der Waals surface area contributed by atoms with Crippen LogP contribution in [0.3, 0.4) is 0 Å². The fourth-order valence-corrected chi connectivity index (χ4v) is 1.65. The predicted octanol–water partition coefficient (Wildman–Crippen LogP) is 1.91. The van der Waals surface area contributed by atoms with Crippen LogP contribution in [0.1, 0.15) is 31.1 Å². The van der Waals surface area contributed by atoms with Crippen molar-refractivity contribution in [1.82, 2.24) is 5.32 Å². The van der Waals surface area contributed by atoms with Gasteiger partial charge in [-0.25, -0.2) is 4.79 Å². The van der Waals surface area contributed by atoms with Crippen LogP contribution in [-0.4, -0.2) is 31.1 Å². The predicted molar refractivity (Wildman–Crippen MR) is 80.3 cm³/mol. The van der Waals surface area contributed by atoms with Gasteiger partial charge >= 0.3 is 5.97 Å². The summed E-state index contributed by atoms with van der Waals surface area (Å²) in [6.07, 6.45) is 0. The van der Waals surface area contributed by atoms with Crippen molar-refractivity contribution in [2.75, 3.05) is 13.7 Å². The SMILES string of the molecule is COc1ccccc1C(=O)OCC(=O)N[C@](C)(C#N)C(C)C. The monoisotopic (exact) mass is 304 g/mol. The molecule has 1 N–H and O–H groups in total. The molecule has 6 nitrogen and oxygen atoms in total. The van der Waals surface area contributed by atoms with E-state index >= 15 is 0 Å². The first-order valence-electron chi connectivity index (χ1n) is 6.86. The topological polar surface area (TPSA) is 88.4 Å². The molecule has 0 fully saturated rings. The number of nitriles is 1. The number of nitrogens with one attached hydrogen (secondary N) is 1. The maximum atomic E-state index is 12.0. The molecule has 0 aliphatic carbocycles. The number of carbonyl (C=O) groups excluding carboxylic acids is 2. The van der Waals surface area contributed by atoms with Gasteiger partial charge < -0.3 is 14.8 Å². The molecule has 1 rings (SSSR count). The van der Waals surface area contributed by atoms with Crippen molar-refractivity contribution in [2.45, 2.75) is 26.3 Å². The van der Waals surface area contributed by atoms with E-state index in [-0.39, 0.29) is 11.5 Å². The van der Waals surface area contributed by atoms with Gasteiger partial charge in [-0.15, -0.1) is 0 Å². The third-order valence-electron chi connectivity index (χ3n) is 3.45. The van der Waals surface area contributed by atoms with Gasteiger partial charge in [0, 0.05) is 0 Å². The van der Waals surface area contributed by atoms with Crippen molar-refractivity contribution in [2.24, 2.45) is 5.92 Å². The normalized spacial score (nSPS) is 12.9. The third-order valence-corrected chi connectivity index (χ3v) is 3.45. The molecule has 6 heteroatoms. The Morgan fingerprint density at radius 1 is 1.36 bits per heavy atom. The Balaban J connectivity index is 2.65. The highest BCUT2D eigenvalue weighted by Crippen LogP contribution is 2.18. The maximum Gasteiger partial charge on any atom is 0.342 e. The van der Waals surface area contributed by atoms with Crippen LogP contribution >= 0.6 is 0 Å². The van der Waals surface area contributed by atoms with Crippen molar-refractivity contribution in [3.05, 3.63) is 29.8 Å². The first kappa shape index (κ1) is 17.5. The van der Waals surface area contributed by atoms with E-state index in [1.807, 2.05) is 13.8 Å². The van der Waals surface area contributed by atoms with Gasteiger partial charge in [0.15, 0.2) is 6.61 Å². The lowest BCUT2D eigenvalue weighted by molar-refractivity contribution is -0.125. The Labute approximate surface area is 130 Å². The molecule has 1 amide bonds. The van der Waals surface area contributed by atoms with E-state index in [0.29, 0.717) is 5.75 Å². The summed E-state index contributed by atoms with van der Waals surface area (Å²) in [6.45, 7) is 4.81. The van der Waals surface area contributed by atoms with Crippen molar-refractivity contribution < 1.29 is 19.1 Å². The highest BCUT2D eigenvalue weighted by atomic mass is 16.5. The van der Waals surface area contributed by atoms with E-state index in [2.05, 4.69) is 11.4 Å². The minimum absolute atomic E-state index is 0.0774. The summed E-state index contributed by atoms with van der Waals surface area (Å²) in [4.78, 5) is 23.8. The number of amides is 1. The van der Waals surface area contributed by atoms with E-state index in [1.54, 1.807) is 31.2 Å². The molecule has 0 aliphatic heterocycles. The minimum Gasteiger partial charge on any atom is -0.496 e. The van der Waals surface area contributed by atoms with Gasteiger partial charge in [-0.3, -0.25) is 4.79 Å². The number of esters is 1. The number of benzene rings is 1. The van der Waals surface area contributed by atoms with Crippen molar-refractivity contribution >= 4 is 11.9 Å². The van der Waals surface area contributed by atoms with Gasteiger partial charge in [-0.1, -0.05) is 26.0 Å². The van der Waals surface area contributed by atoms with Gasteiger partial charge in [0.1, 0.15) is 16.9 Å². The molecule has 0 aromatic heterocycles. The van der Waals surface area contributed by atoms with E-state index in [1.165, 1.54) is 7.11 Å². The van der Waals surface area contributed by atoms with Gasteiger partial charge in [-0.05, 0) is 25.0 Å². The first-order chi connectivity index (χ1) is 10.3. The average molecular weight is 304 g/mol. The number of ether oxygens (including phenoxy) is 2. The molecule has 1 aromatic rings. The first-order valence-corrected chi connectivity index (χ1v) is 6.86. The zero-order valence-electron chi connectivity index (χ0n) is 13.2. The van der Waals surface area contributed by atoms with Gasteiger partial charge in [0.25, 0.3) is 5.91 Å². The van der Waals surface area contributed by atoms with Crippen LogP contribution in [0.4, 0.5) is 0 Å². The van der Waals surface area contributed by atoms with Crippen molar-refractivity contribution in [3.63, 3.8) is 0 Å². The summed E-state index contributed by atoms with van der Waals surface area (Å²) in [6, 6.07) is 8.63. The zero-order valence-corrected chi connectivity index (χ0v) is 13.2. The second-order valence-corrected chi connectivity index (χ2v) is 5.29. The Morgan fingerprint density at radius 3 is 2.55 bits per heavy atom. The van der Waals surface area contributed by atoms with Crippen LogP contribution in [0, 0.1) is 17.2 Å². The van der Waals surface area contributed by atoms with E-state index in [4.69, 9.17) is 14.7 Å². The lowest BCUT2D eigenvalue weighted by atomic mass is 9.90. The molecular formula is C16H20N2O4. The molecule has 0 bridgehead atoms. The largest absolute Gasteiger partial charge is 0.496 e. The molecule has 0 unspecified atom stereocenters. The third kappa shape index (κ3) is 4.22. The number of nitrogens with zero attached hydrogens (tertiary/aromatic N) is 1.